The number of nitrogens with zero attached hydrogens (tertiary/aromatic N) is 4. The first-order chi connectivity index (χ1) is 12.8. The van der Waals surface area contributed by atoms with E-state index in [9.17, 15) is 4.39 Å². The number of fused-ring (bicyclic) bond motifs is 1. The van der Waals surface area contributed by atoms with Crippen molar-refractivity contribution in [1.82, 2.24) is 14.9 Å². The number of benzene rings is 1. The molecule has 0 radical (unpaired) electrons. The number of aromatic nitrogens is 2. The zero-order valence-corrected chi connectivity index (χ0v) is 15.4. The van der Waals surface area contributed by atoms with Gasteiger partial charge in [0.2, 0.25) is 0 Å². The number of piperidine rings is 2. The van der Waals surface area contributed by atoms with E-state index < -0.39 is 0 Å². The largest absolute Gasteiger partial charge is 0.354 e. The van der Waals surface area contributed by atoms with Gasteiger partial charge in [-0.25, -0.2) is 14.4 Å². The van der Waals surface area contributed by atoms with Gasteiger partial charge in [-0.05, 0) is 43.7 Å². The second-order valence-electron chi connectivity index (χ2n) is 7.47. The summed E-state index contributed by atoms with van der Waals surface area (Å²) in [5, 5.41) is 0. The third-order valence-corrected chi connectivity index (χ3v) is 5.89. The summed E-state index contributed by atoms with van der Waals surface area (Å²) in [5.74, 6) is 0.849. The molecule has 4 nitrogen and oxygen atoms in total. The number of halogens is 1. The molecule has 3 heterocycles. The third-order valence-electron chi connectivity index (χ3n) is 5.89. The van der Waals surface area contributed by atoms with Gasteiger partial charge >= 0.3 is 0 Å². The number of anilines is 1. The quantitative estimate of drug-likeness (QED) is 0.839. The highest BCUT2D eigenvalue weighted by atomic mass is 19.1. The number of likely N-dealkylation sites (tertiary alicyclic amines) is 1. The molecule has 2 aromatic rings. The van der Waals surface area contributed by atoms with E-state index in [-0.39, 0.29) is 5.82 Å². The molecule has 138 valence electrons. The molecule has 0 bridgehead atoms. The van der Waals surface area contributed by atoms with Gasteiger partial charge in [-0.2, -0.15) is 0 Å². The van der Waals surface area contributed by atoms with Crippen molar-refractivity contribution in [2.24, 2.45) is 5.92 Å². The molecule has 0 saturated carbocycles. The highest BCUT2D eigenvalue weighted by molar-refractivity contribution is 5.42. The Labute approximate surface area is 155 Å². The van der Waals surface area contributed by atoms with Crippen LogP contribution >= 0.6 is 0 Å². The first-order valence-electron chi connectivity index (χ1n) is 9.78. The number of hydrogen-bond acceptors (Lipinski definition) is 4. The van der Waals surface area contributed by atoms with Crippen LogP contribution in [0.25, 0.3) is 0 Å². The van der Waals surface area contributed by atoms with Crippen LogP contribution in [0.1, 0.15) is 37.4 Å². The van der Waals surface area contributed by atoms with Crippen molar-refractivity contribution in [3.8, 4) is 0 Å². The number of aryl methyl sites for hydroxylation is 1. The van der Waals surface area contributed by atoms with E-state index in [0.29, 0.717) is 29.9 Å². The molecule has 0 N–H and O–H groups in total. The summed E-state index contributed by atoms with van der Waals surface area (Å²) < 4.78 is 14.7. The monoisotopic (exact) mass is 354 g/mol. The molecule has 0 spiro atoms. The van der Waals surface area contributed by atoms with Crippen molar-refractivity contribution in [1.29, 1.82) is 0 Å². The SMILES string of the molecule is CCc1ncnc(N2CCC3C(CCCN3Cc3ccccc3)C2)c1F. The van der Waals surface area contributed by atoms with E-state index in [2.05, 4.69) is 50.1 Å². The van der Waals surface area contributed by atoms with E-state index in [1.807, 2.05) is 6.92 Å². The summed E-state index contributed by atoms with van der Waals surface area (Å²) in [6.45, 7) is 5.88. The molecule has 2 unspecified atom stereocenters. The van der Waals surface area contributed by atoms with Crippen LogP contribution in [0, 0.1) is 11.7 Å². The lowest BCUT2D eigenvalue weighted by Crippen LogP contribution is -2.54. The molecule has 1 aromatic heterocycles. The topological polar surface area (TPSA) is 32.3 Å². The summed E-state index contributed by atoms with van der Waals surface area (Å²) in [5.41, 5.74) is 1.90. The van der Waals surface area contributed by atoms with Crippen LogP contribution in [0.2, 0.25) is 0 Å². The van der Waals surface area contributed by atoms with Crippen LogP contribution in [0.4, 0.5) is 10.2 Å². The van der Waals surface area contributed by atoms with E-state index in [1.54, 1.807) is 0 Å². The van der Waals surface area contributed by atoms with Crippen LogP contribution in [0.3, 0.4) is 0 Å². The van der Waals surface area contributed by atoms with Gasteiger partial charge in [-0.3, -0.25) is 4.90 Å². The van der Waals surface area contributed by atoms with Gasteiger partial charge in [-0.15, -0.1) is 0 Å². The Balaban J connectivity index is 1.48. The highest BCUT2D eigenvalue weighted by Crippen LogP contribution is 2.34. The Morgan fingerprint density at radius 3 is 2.77 bits per heavy atom. The maximum Gasteiger partial charge on any atom is 0.187 e. The van der Waals surface area contributed by atoms with Gasteiger partial charge in [0.05, 0.1) is 5.69 Å². The summed E-state index contributed by atoms with van der Waals surface area (Å²) in [6, 6.07) is 11.3. The van der Waals surface area contributed by atoms with Crippen molar-refractivity contribution in [2.75, 3.05) is 24.5 Å². The molecule has 4 rings (SSSR count). The zero-order valence-electron chi connectivity index (χ0n) is 15.4. The molecule has 1 aromatic carbocycles. The van der Waals surface area contributed by atoms with Crippen molar-refractivity contribution in [2.45, 2.75) is 45.2 Å². The normalized spacial score (nSPS) is 23.7. The average molecular weight is 354 g/mol. The van der Waals surface area contributed by atoms with E-state index in [4.69, 9.17) is 0 Å². The smallest absolute Gasteiger partial charge is 0.187 e. The Hall–Kier alpha value is -2.01. The fourth-order valence-electron chi connectivity index (χ4n) is 4.58. The summed E-state index contributed by atoms with van der Waals surface area (Å²) in [4.78, 5) is 13.1. The molecule has 2 aliphatic rings. The van der Waals surface area contributed by atoms with E-state index in [1.165, 1.54) is 24.7 Å². The summed E-state index contributed by atoms with van der Waals surface area (Å²) in [6.07, 6.45) is 5.62. The average Bonchev–Trinajstić information content (AvgIpc) is 2.69. The van der Waals surface area contributed by atoms with Crippen molar-refractivity contribution in [3.05, 3.63) is 53.7 Å². The van der Waals surface area contributed by atoms with Gasteiger partial charge < -0.3 is 4.90 Å². The molecule has 0 aliphatic carbocycles. The Bertz CT molecular complexity index is 736. The van der Waals surface area contributed by atoms with Gasteiger partial charge in [0, 0.05) is 25.7 Å². The maximum atomic E-state index is 14.7. The lowest BCUT2D eigenvalue weighted by atomic mass is 9.83. The molecule has 2 aliphatic heterocycles. The molecule has 2 saturated heterocycles. The lowest BCUT2D eigenvalue weighted by molar-refractivity contribution is 0.0699. The van der Waals surface area contributed by atoms with Crippen molar-refractivity contribution >= 4 is 5.82 Å². The predicted molar refractivity (Wildman–Crippen MR) is 102 cm³/mol. The van der Waals surface area contributed by atoms with Gasteiger partial charge in [0.25, 0.3) is 0 Å². The molecular formula is C21H27FN4. The van der Waals surface area contributed by atoms with Crippen molar-refractivity contribution in [3.63, 3.8) is 0 Å². The Kier molecular flexibility index (Phi) is 5.16. The number of hydrogen-bond donors (Lipinski definition) is 0. The van der Waals surface area contributed by atoms with Crippen LogP contribution in [-0.2, 0) is 13.0 Å². The van der Waals surface area contributed by atoms with Crippen LogP contribution < -0.4 is 4.90 Å². The first-order valence-corrected chi connectivity index (χ1v) is 9.78. The van der Waals surface area contributed by atoms with E-state index >= 15 is 0 Å². The maximum absolute atomic E-state index is 14.7. The lowest BCUT2D eigenvalue weighted by Gasteiger charge is -2.47. The van der Waals surface area contributed by atoms with Gasteiger partial charge in [0.1, 0.15) is 6.33 Å². The second-order valence-corrected chi connectivity index (χ2v) is 7.47. The van der Waals surface area contributed by atoms with Crippen LogP contribution in [-0.4, -0.2) is 40.5 Å². The minimum Gasteiger partial charge on any atom is -0.354 e. The molecular weight excluding hydrogens is 327 g/mol. The zero-order chi connectivity index (χ0) is 17.9. The Morgan fingerprint density at radius 1 is 1.12 bits per heavy atom. The van der Waals surface area contributed by atoms with Crippen LogP contribution in [0.5, 0.6) is 0 Å². The fourth-order valence-corrected chi connectivity index (χ4v) is 4.58. The third kappa shape index (κ3) is 3.45. The second kappa shape index (κ2) is 7.70. The molecule has 2 fully saturated rings. The van der Waals surface area contributed by atoms with Crippen LogP contribution in [0.15, 0.2) is 36.7 Å². The standard InChI is InChI=1S/C21H27FN4/c1-2-18-20(22)21(24-15-23-18)26-12-10-19-17(14-26)9-6-11-25(19)13-16-7-4-3-5-8-16/h3-5,7-8,15,17,19H,2,6,9-14H2,1H3. The molecule has 5 heteroatoms. The highest BCUT2D eigenvalue weighted by Gasteiger charge is 2.37. The predicted octanol–water partition coefficient (Wildman–Crippen LogP) is 3.67. The van der Waals surface area contributed by atoms with E-state index in [0.717, 1.165) is 32.6 Å². The van der Waals surface area contributed by atoms with Gasteiger partial charge in [0.15, 0.2) is 11.6 Å². The minimum atomic E-state index is -0.231. The minimum absolute atomic E-state index is 0.231. The van der Waals surface area contributed by atoms with Gasteiger partial charge in [-0.1, -0.05) is 37.3 Å². The summed E-state index contributed by atoms with van der Waals surface area (Å²) >= 11 is 0. The Morgan fingerprint density at radius 2 is 1.96 bits per heavy atom. The van der Waals surface area contributed by atoms with Crippen molar-refractivity contribution < 1.29 is 4.39 Å². The fraction of sp³-hybridized carbons (Fsp3) is 0.524. The summed E-state index contributed by atoms with van der Waals surface area (Å²) in [7, 11) is 0. The molecule has 2 atom stereocenters. The molecule has 0 amide bonds. The molecule has 26 heavy (non-hydrogen) atoms. The number of rotatable bonds is 4. The first kappa shape index (κ1) is 17.4.